The topological polar surface area (TPSA) is 51.7 Å². The van der Waals surface area contributed by atoms with E-state index in [0.717, 1.165) is 24.3 Å². The second kappa shape index (κ2) is 7.72. The Morgan fingerprint density at radius 2 is 1.89 bits per heavy atom. The van der Waals surface area contributed by atoms with E-state index in [4.69, 9.17) is 9.47 Å². The Morgan fingerprint density at radius 3 is 2.61 bits per heavy atom. The first-order chi connectivity index (χ1) is 13.7. The van der Waals surface area contributed by atoms with Gasteiger partial charge < -0.3 is 14.4 Å². The predicted octanol–water partition coefficient (Wildman–Crippen LogP) is 4.78. The summed E-state index contributed by atoms with van der Waals surface area (Å²) in [6.07, 6.45) is 5.24. The third-order valence-electron chi connectivity index (χ3n) is 4.99. The highest BCUT2D eigenvalue weighted by Gasteiger charge is 2.27. The number of carbonyl (C=O) groups excluding carboxylic acids is 1. The molecular weight excluding hydrogens is 352 g/mol. The van der Waals surface area contributed by atoms with Crippen LogP contribution in [0, 0.1) is 6.92 Å². The summed E-state index contributed by atoms with van der Waals surface area (Å²) in [5, 5.41) is 0. The Labute approximate surface area is 164 Å². The molecular formula is C23H22N2O3. The largest absolute Gasteiger partial charge is 0.495 e. The zero-order valence-corrected chi connectivity index (χ0v) is 16.0. The van der Waals surface area contributed by atoms with Gasteiger partial charge in [0.1, 0.15) is 17.2 Å². The standard InChI is InChI=1S/C23H22N2O3/c1-16-7-12-21(27-2)22-20(16)6-4-14-25(22)23(26)17-8-10-18(11-9-17)28-19-5-3-13-24-15-19/h3,5,7-13,15H,4,6,14H2,1-2H3. The minimum atomic E-state index is -0.0298. The molecule has 0 unspecified atom stereocenters. The fourth-order valence-corrected chi connectivity index (χ4v) is 3.59. The van der Waals surface area contributed by atoms with Crippen LogP contribution < -0.4 is 14.4 Å². The summed E-state index contributed by atoms with van der Waals surface area (Å²) < 4.78 is 11.3. The maximum Gasteiger partial charge on any atom is 0.258 e. The number of methoxy groups -OCH3 is 1. The van der Waals surface area contributed by atoms with E-state index >= 15 is 0 Å². The second-order valence-corrected chi connectivity index (χ2v) is 6.79. The fraction of sp³-hybridized carbons (Fsp3) is 0.217. The van der Waals surface area contributed by atoms with Gasteiger partial charge in [-0.05, 0) is 73.4 Å². The van der Waals surface area contributed by atoms with Crippen LogP contribution in [0.4, 0.5) is 5.69 Å². The first-order valence-electron chi connectivity index (χ1n) is 9.33. The SMILES string of the molecule is COc1ccc(C)c2c1N(C(=O)c1ccc(Oc3cccnc3)cc1)CCC2. The van der Waals surface area contributed by atoms with E-state index in [0.29, 0.717) is 23.6 Å². The number of ether oxygens (including phenoxy) is 2. The first kappa shape index (κ1) is 18.0. The third kappa shape index (κ3) is 3.43. The van der Waals surface area contributed by atoms with E-state index in [1.54, 1.807) is 43.8 Å². The number of nitrogens with zero attached hydrogens (tertiary/aromatic N) is 2. The monoisotopic (exact) mass is 374 g/mol. The van der Waals surface area contributed by atoms with Crippen molar-refractivity contribution >= 4 is 11.6 Å². The summed E-state index contributed by atoms with van der Waals surface area (Å²) in [6, 6.07) is 14.8. The molecule has 4 rings (SSSR count). The molecule has 5 nitrogen and oxygen atoms in total. The van der Waals surface area contributed by atoms with Crippen molar-refractivity contribution in [1.29, 1.82) is 0 Å². The van der Waals surface area contributed by atoms with Crippen LogP contribution in [-0.4, -0.2) is 24.5 Å². The molecule has 0 saturated carbocycles. The van der Waals surface area contributed by atoms with E-state index in [-0.39, 0.29) is 5.91 Å². The molecule has 2 heterocycles. The number of aromatic nitrogens is 1. The van der Waals surface area contributed by atoms with Gasteiger partial charge in [-0.15, -0.1) is 0 Å². The molecule has 0 radical (unpaired) electrons. The van der Waals surface area contributed by atoms with Gasteiger partial charge in [0.15, 0.2) is 0 Å². The van der Waals surface area contributed by atoms with Crippen LogP contribution in [-0.2, 0) is 6.42 Å². The van der Waals surface area contributed by atoms with Crippen LogP contribution in [0.15, 0.2) is 60.9 Å². The summed E-state index contributed by atoms with van der Waals surface area (Å²) >= 11 is 0. The Balaban J connectivity index is 1.60. The Morgan fingerprint density at radius 1 is 1.07 bits per heavy atom. The fourth-order valence-electron chi connectivity index (χ4n) is 3.59. The van der Waals surface area contributed by atoms with Crippen LogP contribution in [0.5, 0.6) is 17.2 Å². The molecule has 3 aromatic rings. The molecule has 0 aliphatic carbocycles. The molecule has 1 aromatic heterocycles. The lowest BCUT2D eigenvalue weighted by molar-refractivity contribution is 0.0984. The number of fused-ring (bicyclic) bond motifs is 1. The van der Waals surface area contributed by atoms with E-state index in [9.17, 15) is 4.79 Å². The first-order valence-corrected chi connectivity index (χ1v) is 9.33. The number of benzene rings is 2. The second-order valence-electron chi connectivity index (χ2n) is 6.79. The molecule has 1 aliphatic heterocycles. The Kier molecular flexibility index (Phi) is 4.98. The molecule has 0 saturated heterocycles. The molecule has 0 spiro atoms. The lowest BCUT2D eigenvalue weighted by atomic mass is 9.95. The summed E-state index contributed by atoms with van der Waals surface area (Å²) in [4.78, 5) is 19.1. The van der Waals surface area contributed by atoms with Gasteiger partial charge >= 0.3 is 0 Å². The number of hydrogen-bond acceptors (Lipinski definition) is 4. The highest BCUT2D eigenvalue weighted by molar-refractivity contribution is 6.07. The van der Waals surface area contributed by atoms with Gasteiger partial charge in [0.2, 0.25) is 0 Å². The van der Waals surface area contributed by atoms with E-state index < -0.39 is 0 Å². The summed E-state index contributed by atoms with van der Waals surface area (Å²) in [7, 11) is 1.65. The average Bonchev–Trinajstić information content (AvgIpc) is 2.75. The number of carbonyl (C=O) groups is 1. The van der Waals surface area contributed by atoms with Crippen LogP contribution in [0.1, 0.15) is 27.9 Å². The summed E-state index contributed by atoms with van der Waals surface area (Å²) in [6.45, 7) is 2.76. The van der Waals surface area contributed by atoms with Crippen molar-refractivity contribution in [2.24, 2.45) is 0 Å². The zero-order chi connectivity index (χ0) is 19.5. The molecule has 0 fully saturated rings. The number of pyridine rings is 1. The number of rotatable bonds is 4. The number of anilines is 1. The van der Waals surface area contributed by atoms with Gasteiger partial charge in [-0.2, -0.15) is 0 Å². The summed E-state index contributed by atoms with van der Waals surface area (Å²) in [5.41, 5.74) is 3.90. The number of amides is 1. The maximum atomic E-state index is 13.2. The predicted molar refractivity (Wildman–Crippen MR) is 108 cm³/mol. The van der Waals surface area contributed by atoms with Crippen molar-refractivity contribution in [2.75, 3.05) is 18.6 Å². The Bertz CT molecular complexity index is 985. The van der Waals surface area contributed by atoms with Crippen molar-refractivity contribution in [3.63, 3.8) is 0 Å². The van der Waals surface area contributed by atoms with Gasteiger partial charge in [-0.1, -0.05) is 6.07 Å². The summed E-state index contributed by atoms with van der Waals surface area (Å²) in [5.74, 6) is 2.03. The molecule has 142 valence electrons. The van der Waals surface area contributed by atoms with Gasteiger partial charge in [-0.3, -0.25) is 9.78 Å². The van der Waals surface area contributed by atoms with Crippen molar-refractivity contribution in [3.05, 3.63) is 77.6 Å². The number of hydrogen-bond donors (Lipinski definition) is 0. The molecule has 0 N–H and O–H groups in total. The van der Waals surface area contributed by atoms with Gasteiger partial charge in [0, 0.05) is 18.3 Å². The Hall–Kier alpha value is -3.34. The highest BCUT2D eigenvalue weighted by atomic mass is 16.5. The normalized spacial score (nSPS) is 13.0. The molecule has 5 heteroatoms. The average molecular weight is 374 g/mol. The van der Waals surface area contributed by atoms with Crippen LogP contribution in [0.3, 0.4) is 0 Å². The maximum absolute atomic E-state index is 13.2. The van der Waals surface area contributed by atoms with Crippen molar-refractivity contribution in [2.45, 2.75) is 19.8 Å². The van der Waals surface area contributed by atoms with Crippen LogP contribution >= 0.6 is 0 Å². The smallest absolute Gasteiger partial charge is 0.258 e. The zero-order valence-electron chi connectivity index (χ0n) is 16.0. The molecule has 28 heavy (non-hydrogen) atoms. The minimum Gasteiger partial charge on any atom is -0.495 e. The van der Waals surface area contributed by atoms with Crippen LogP contribution in [0.2, 0.25) is 0 Å². The lowest BCUT2D eigenvalue weighted by Gasteiger charge is -2.32. The quantitative estimate of drug-likeness (QED) is 0.659. The van der Waals surface area contributed by atoms with Gasteiger partial charge in [0.25, 0.3) is 5.91 Å². The minimum absolute atomic E-state index is 0.0298. The van der Waals surface area contributed by atoms with Gasteiger partial charge in [-0.25, -0.2) is 0 Å². The van der Waals surface area contributed by atoms with E-state index in [1.165, 1.54) is 11.1 Å². The van der Waals surface area contributed by atoms with Crippen molar-refractivity contribution < 1.29 is 14.3 Å². The highest BCUT2D eigenvalue weighted by Crippen LogP contribution is 2.39. The third-order valence-corrected chi connectivity index (χ3v) is 4.99. The molecule has 2 aromatic carbocycles. The molecule has 0 bridgehead atoms. The lowest BCUT2D eigenvalue weighted by Crippen LogP contribution is -2.36. The van der Waals surface area contributed by atoms with E-state index in [1.807, 2.05) is 23.1 Å². The van der Waals surface area contributed by atoms with Crippen molar-refractivity contribution in [1.82, 2.24) is 4.98 Å². The van der Waals surface area contributed by atoms with Crippen LogP contribution in [0.25, 0.3) is 0 Å². The van der Waals surface area contributed by atoms with Crippen molar-refractivity contribution in [3.8, 4) is 17.2 Å². The number of aryl methyl sites for hydroxylation is 1. The molecule has 1 amide bonds. The molecule has 1 aliphatic rings. The van der Waals surface area contributed by atoms with Gasteiger partial charge in [0.05, 0.1) is 19.0 Å². The van der Waals surface area contributed by atoms with E-state index in [2.05, 4.69) is 18.0 Å². The molecule has 0 atom stereocenters.